The van der Waals surface area contributed by atoms with E-state index in [-0.39, 0.29) is 6.10 Å². The zero-order valence-electron chi connectivity index (χ0n) is 10.2. The van der Waals surface area contributed by atoms with Crippen LogP contribution in [0.2, 0.25) is 0 Å². The van der Waals surface area contributed by atoms with Crippen molar-refractivity contribution in [3.8, 4) is 5.75 Å². The second-order valence-corrected chi connectivity index (χ2v) is 4.66. The minimum absolute atomic E-state index is 0.200. The number of benzene rings is 1. The molecule has 0 fully saturated rings. The van der Waals surface area contributed by atoms with E-state index in [9.17, 15) is 0 Å². The molecule has 1 heterocycles. The summed E-state index contributed by atoms with van der Waals surface area (Å²) in [5, 5.41) is 0. The third kappa shape index (κ3) is 2.16. The molecule has 0 amide bonds. The Labute approximate surface area is 107 Å². The summed E-state index contributed by atoms with van der Waals surface area (Å²) in [5.74, 6) is 0.696. The number of nitrogen functional groups attached to an aromatic ring is 1. The maximum Gasteiger partial charge on any atom is 0.160 e. The number of aryl methyl sites for hydroxylation is 1. The largest absolute Gasteiger partial charge is 0.486 e. The molecule has 3 rings (SSSR count). The Kier molecular flexibility index (Phi) is 2.89. The first-order chi connectivity index (χ1) is 8.83. The number of ether oxygens (including phenoxy) is 1. The molecule has 18 heavy (non-hydrogen) atoms. The Balaban J connectivity index is 1.75. The molecule has 2 aromatic rings. The van der Waals surface area contributed by atoms with Gasteiger partial charge in [-0.1, -0.05) is 24.3 Å². The number of hydrogen-bond acceptors (Lipinski definition) is 3. The molecular weight excluding hydrogens is 224 g/mol. The molecule has 0 bridgehead atoms. The van der Waals surface area contributed by atoms with Gasteiger partial charge in [0.15, 0.2) is 5.75 Å². The fraction of sp³-hybridized carbons (Fsp3) is 0.267. The number of rotatable bonds is 2. The van der Waals surface area contributed by atoms with Crippen LogP contribution in [0.25, 0.3) is 0 Å². The van der Waals surface area contributed by atoms with Crippen molar-refractivity contribution >= 4 is 5.69 Å². The Hall–Kier alpha value is -2.03. The van der Waals surface area contributed by atoms with E-state index in [0.29, 0.717) is 11.4 Å². The maximum absolute atomic E-state index is 5.96. The molecule has 1 atom stereocenters. The Morgan fingerprint density at radius 3 is 2.83 bits per heavy atom. The third-order valence-electron chi connectivity index (χ3n) is 3.41. The number of nitrogens with zero attached hydrogens (tertiary/aromatic N) is 1. The summed E-state index contributed by atoms with van der Waals surface area (Å²) in [7, 11) is 0. The second-order valence-electron chi connectivity index (χ2n) is 4.66. The average molecular weight is 240 g/mol. The van der Waals surface area contributed by atoms with Crippen LogP contribution in [0.5, 0.6) is 5.75 Å². The number of fused-ring (bicyclic) bond motifs is 1. The average Bonchev–Trinajstić information content (AvgIpc) is 2.41. The second kappa shape index (κ2) is 4.69. The lowest BCUT2D eigenvalue weighted by Crippen LogP contribution is -2.25. The van der Waals surface area contributed by atoms with Crippen molar-refractivity contribution in [3.05, 3.63) is 53.9 Å². The van der Waals surface area contributed by atoms with Gasteiger partial charge >= 0.3 is 0 Å². The zero-order valence-corrected chi connectivity index (χ0v) is 10.2. The van der Waals surface area contributed by atoms with Crippen molar-refractivity contribution in [1.29, 1.82) is 0 Å². The normalized spacial score (nSPS) is 18.1. The van der Waals surface area contributed by atoms with E-state index in [1.54, 1.807) is 18.5 Å². The minimum Gasteiger partial charge on any atom is -0.486 e. The zero-order chi connectivity index (χ0) is 12.4. The molecule has 1 unspecified atom stereocenters. The van der Waals surface area contributed by atoms with Crippen LogP contribution < -0.4 is 10.5 Å². The molecule has 0 saturated carbocycles. The summed E-state index contributed by atoms with van der Waals surface area (Å²) in [6, 6.07) is 10.3. The summed E-state index contributed by atoms with van der Waals surface area (Å²) in [6.45, 7) is 0. The van der Waals surface area contributed by atoms with Gasteiger partial charge in [-0.3, -0.25) is 4.98 Å². The first kappa shape index (κ1) is 11.1. The molecule has 0 spiro atoms. The van der Waals surface area contributed by atoms with Crippen molar-refractivity contribution in [2.24, 2.45) is 0 Å². The molecule has 3 nitrogen and oxygen atoms in total. The molecule has 3 heteroatoms. The summed E-state index contributed by atoms with van der Waals surface area (Å²) >= 11 is 0. The van der Waals surface area contributed by atoms with Gasteiger partial charge in [0.05, 0.1) is 11.9 Å². The first-order valence-electron chi connectivity index (χ1n) is 6.26. The number of nitrogens with two attached hydrogens (primary N) is 1. The predicted octanol–water partition coefficient (Wildman–Crippen LogP) is 2.60. The molecule has 0 saturated heterocycles. The molecule has 1 aromatic heterocycles. The van der Waals surface area contributed by atoms with E-state index in [1.807, 2.05) is 0 Å². The number of aromatic nitrogens is 1. The van der Waals surface area contributed by atoms with E-state index in [1.165, 1.54) is 11.1 Å². The summed E-state index contributed by atoms with van der Waals surface area (Å²) < 4.78 is 5.96. The fourth-order valence-electron chi connectivity index (χ4n) is 2.43. The van der Waals surface area contributed by atoms with Gasteiger partial charge < -0.3 is 10.5 Å². The van der Waals surface area contributed by atoms with Crippen LogP contribution in [-0.4, -0.2) is 11.1 Å². The fourth-order valence-corrected chi connectivity index (χ4v) is 2.43. The Morgan fingerprint density at radius 2 is 2.00 bits per heavy atom. The number of anilines is 1. The lowest BCUT2D eigenvalue weighted by atomic mass is 9.90. The van der Waals surface area contributed by atoms with Crippen LogP contribution in [-0.2, 0) is 12.8 Å². The molecule has 0 aliphatic heterocycles. The van der Waals surface area contributed by atoms with Crippen LogP contribution in [0, 0.1) is 0 Å². The van der Waals surface area contributed by atoms with Gasteiger partial charge in [0.1, 0.15) is 6.10 Å². The molecular formula is C15H16N2O. The molecule has 1 aliphatic carbocycles. The van der Waals surface area contributed by atoms with E-state index >= 15 is 0 Å². The molecule has 1 aromatic carbocycles. The van der Waals surface area contributed by atoms with E-state index < -0.39 is 0 Å². The highest BCUT2D eigenvalue weighted by atomic mass is 16.5. The number of pyridine rings is 1. The summed E-state index contributed by atoms with van der Waals surface area (Å²) in [6.07, 6.45) is 6.62. The third-order valence-corrected chi connectivity index (χ3v) is 3.41. The highest BCUT2D eigenvalue weighted by Gasteiger charge is 2.20. The maximum atomic E-state index is 5.96. The van der Waals surface area contributed by atoms with Gasteiger partial charge in [-0.2, -0.15) is 0 Å². The van der Waals surface area contributed by atoms with Crippen LogP contribution in [0.1, 0.15) is 17.5 Å². The van der Waals surface area contributed by atoms with Gasteiger partial charge in [-0.25, -0.2) is 0 Å². The number of hydrogen-bond donors (Lipinski definition) is 1. The lowest BCUT2D eigenvalue weighted by molar-refractivity contribution is 0.185. The van der Waals surface area contributed by atoms with Crippen LogP contribution in [0.3, 0.4) is 0 Å². The quantitative estimate of drug-likeness (QED) is 0.877. The Morgan fingerprint density at radius 1 is 1.17 bits per heavy atom. The lowest BCUT2D eigenvalue weighted by Gasteiger charge is -2.25. The topological polar surface area (TPSA) is 48.1 Å². The smallest absolute Gasteiger partial charge is 0.160 e. The predicted molar refractivity (Wildman–Crippen MR) is 71.5 cm³/mol. The highest BCUT2D eigenvalue weighted by molar-refractivity contribution is 5.50. The van der Waals surface area contributed by atoms with Crippen molar-refractivity contribution < 1.29 is 4.74 Å². The first-order valence-corrected chi connectivity index (χ1v) is 6.26. The van der Waals surface area contributed by atoms with Crippen molar-refractivity contribution in [2.45, 2.75) is 25.4 Å². The van der Waals surface area contributed by atoms with E-state index in [0.717, 1.165) is 19.3 Å². The SMILES string of the molecule is Nc1ccncc1OC1CCc2ccccc2C1. The molecule has 0 radical (unpaired) electrons. The van der Waals surface area contributed by atoms with Crippen molar-refractivity contribution in [1.82, 2.24) is 4.98 Å². The Bertz CT molecular complexity index is 554. The van der Waals surface area contributed by atoms with Crippen LogP contribution in [0.4, 0.5) is 5.69 Å². The summed E-state index contributed by atoms with van der Waals surface area (Å²) in [5.41, 5.74) is 9.35. The van der Waals surface area contributed by atoms with Crippen LogP contribution in [0.15, 0.2) is 42.7 Å². The van der Waals surface area contributed by atoms with Gasteiger partial charge in [0.2, 0.25) is 0 Å². The molecule has 1 aliphatic rings. The highest BCUT2D eigenvalue weighted by Crippen LogP contribution is 2.27. The summed E-state index contributed by atoms with van der Waals surface area (Å²) in [4.78, 5) is 4.05. The van der Waals surface area contributed by atoms with Crippen molar-refractivity contribution in [3.63, 3.8) is 0 Å². The van der Waals surface area contributed by atoms with Gasteiger partial charge in [0.25, 0.3) is 0 Å². The molecule has 92 valence electrons. The minimum atomic E-state index is 0.200. The standard InChI is InChI=1S/C15H16N2O/c16-14-7-8-17-10-15(14)18-13-6-5-11-3-1-2-4-12(11)9-13/h1-4,7-8,10,13H,5-6,9H2,(H2,16,17). The molecule has 2 N–H and O–H groups in total. The van der Waals surface area contributed by atoms with Gasteiger partial charge in [0, 0.05) is 12.6 Å². The van der Waals surface area contributed by atoms with E-state index in [2.05, 4.69) is 29.2 Å². The van der Waals surface area contributed by atoms with E-state index in [4.69, 9.17) is 10.5 Å². The van der Waals surface area contributed by atoms with Gasteiger partial charge in [-0.15, -0.1) is 0 Å². The van der Waals surface area contributed by atoms with Crippen LogP contribution >= 0.6 is 0 Å². The van der Waals surface area contributed by atoms with Crippen molar-refractivity contribution in [2.75, 3.05) is 5.73 Å². The van der Waals surface area contributed by atoms with Gasteiger partial charge in [-0.05, 0) is 30.0 Å². The monoisotopic (exact) mass is 240 g/mol.